The maximum absolute atomic E-state index is 12.7. The third-order valence-corrected chi connectivity index (χ3v) is 5.68. The smallest absolute Gasteiger partial charge is 0.246 e. The standard InChI is InChI=1S/C12H21N3O3S/c1-9-11(8-13)12(10(2)18-9)19(16,17)15-6-4-14(3)5-7-15/h4-8,13H2,1-3H3. The third-order valence-electron chi connectivity index (χ3n) is 3.59. The van der Waals surface area contributed by atoms with Crippen LogP contribution in [0.3, 0.4) is 0 Å². The van der Waals surface area contributed by atoms with Gasteiger partial charge in [-0.05, 0) is 20.9 Å². The van der Waals surface area contributed by atoms with Crippen LogP contribution in [0.5, 0.6) is 0 Å². The highest BCUT2D eigenvalue weighted by Crippen LogP contribution is 2.29. The molecule has 0 spiro atoms. The molecule has 2 rings (SSSR count). The minimum absolute atomic E-state index is 0.172. The molecule has 1 aliphatic heterocycles. The first-order valence-electron chi connectivity index (χ1n) is 6.35. The van der Waals surface area contributed by atoms with E-state index in [2.05, 4.69) is 4.90 Å². The summed E-state index contributed by atoms with van der Waals surface area (Å²) in [6.07, 6.45) is 0. The average molecular weight is 287 g/mol. The van der Waals surface area contributed by atoms with Gasteiger partial charge in [0.05, 0.1) is 0 Å². The number of rotatable bonds is 3. The normalized spacial score (nSPS) is 18.9. The molecule has 0 atom stereocenters. The summed E-state index contributed by atoms with van der Waals surface area (Å²) >= 11 is 0. The van der Waals surface area contributed by atoms with Gasteiger partial charge in [0, 0.05) is 38.3 Å². The minimum Gasteiger partial charge on any atom is -0.465 e. The van der Waals surface area contributed by atoms with Crippen LogP contribution in [0, 0.1) is 13.8 Å². The van der Waals surface area contributed by atoms with Crippen LogP contribution in [0.4, 0.5) is 0 Å². The van der Waals surface area contributed by atoms with Crippen LogP contribution in [0.2, 0.25) is 0 Å². The summed E-state index contributed by atoms with van der Waals surface area (Å²) in [6, 6.07) is 0. The number of nitrogens with two attached hydrogens (primary N) is 1. The number of hydrogen-bond donors (Lipinski definition) is 1. The van der Waals surface area contributed by atoms with E-state index >= 15 is 0 Å². The number of aryl methyl sites for hydroxylation is 2. The van der Waals surface area contributed by atoms with Gasteiger partial charge in [-0.25, -0.2) is 8.42 Å². The molecule has 0 unspecified atom stereocenters. The topological polar surface area (TPSA) is 79.8 Å². The average Bonchev–Trinajstić information content (AvgIpc) is 2.64. The number of nitrogens with zero attached hydrogens (tertiary/aromatic N) is 2. The fraction of sp³-hybridized carbons (Fsp3) is 0.667. The molecule has 2 heterocycles. The SMILES string of the molecule is Cc1oc(C)c(S(=O)(=O)N2CCN(C)CC2)c1CN. The van der Waals surface area contributed by atoms with Crippen molar-refractivity contribution >= 4 is 10.0 Å². The Morgan fingerprint density at radius 2 is 1.74 bits per heavy atom. The Labute approximate surface area is 114 Å². The summed E-state index contributed by atoms with van der Waals surface area (Å²) < 4.78 is 32.4. The van der Waals surface area contributed by atoms with Crippen LogP contribution in [0.1, 0.15) is 17.1 Å². The molecule has 0 saturated carbocycles. The summed E-state index contributed by atoms with van der Waals surface area (Å²) in [5, 5.41) is 0. The first-order chi connectivity index (χ1) is 8.87. The predicted octanol–water partition coefficient (Wildman–Crippen LogP) is 0.291. The van der Waals surface area contributed by atoms with E-state index in [1.54, 1.807) is 13.8 Å². The maximum atomic E-state index is 12.7. The van der Waals surface area contributed by atoms with Gasteiger partial charge in [-0.3, -0.25) is 0 Å². The highest BCUT2D eigenvalue weighted by Gasteiger charge is 2.33. The van der Waals surface area contributed by atoms with Gasteiger partial charge >= 0.3 is 0 Å². The number of sulfonamides is 1. The number of piperazine rings is 1. The molecule has 0 bridgehead atoms. The van der Waals surface area contributed by atoms with E-state index in [1.807, 2.05) is 7.05 Å². The monoisotopic (exact) mass is 287 g/mol. The molecule has 0 amide bonds. The van der Waals surface area contributed by atoms with Crippen molar-refractivity contribution < 1.29 is 12.8 Å². The molecular weight excluding hydrogens is 266 g/mol. The highest BCUT2D eigenvalue weighted by molar-refractivity contribution is 7.89. The van der Waals surface area contributed by atoms with Crippen LogP contribution in [-0.2, 0) is 16.6 Å². The second kappa shape index (κ2) is 5.24. The van der Waals surface area contributed by atoms with Crippen molar-refractivity contribution in [3.63, 3.8) is 0 Å². The molecule has 1 fully saturated rings. The Morgan fingerprint density at radius 3 is 2.26 bits per heavy atom. The number of furan rings is 1. The Bertz CT molecular complexity index is 557. The largest absolute Gasteiger partial charge is 0.465 e. The lowest BCUT2D eigenvalue weighted by Gasteiger charge is -2.31. The zero-order valence-electron chi connectivity index (χ0n) is 11.6. The molecule has 7 heteroatoms. The third kappa shape index (κ3) is 2.55. The quantitative estimate of drug-likeness (QED) is 0.864. The molecule has 0 aromatic carbocycles. The van der Waals surface area contributed by atoms with Gasteiger partial charge < -0.3 is 15.1 Å². The molecule has 108 valence electrons. The lowest BCUT2D eigenvalue weighted by atomic mass is 10.2. The first kappa shape index (κ1) is 14.5. The first-order valence-corrected chi connectivity index (χ1v) is 7.79. The van der Waals surface area contributed by atoms with Crippen molar-refractivity contribution in [2.24, 2.45) is 5.73 Å². The summed E-state index contributed by atoms with van der Waals surface area (Å²) in [5.74, 6) is 1.02. The lowest BCUT2D eigenvalue weighted by Crippen LogP contribution is -2.47. The van der Waals surface area contributed by atoms with E-state index in [-0.39, 0.29) is 11.4 Å². The van der Waals surface area contributed by atoms with Gasteiger partial charge in [0.25, 0.3) is 0 Å². The van der Waals surface area contributed by atoms with E-state index in [0.717, 1.165) is 13.1 Å². The van der Waals surface area contributed by atoms with Crippen molar-refractivity contribution in [2.45, 2.75) is 25.3 Å². The Balaban J connectivity index is 2.40. The molecule has 1 saturated heterocycles. The van der Waals surface area contributed by atoms with E-state index < -0.39 is 10.0 Å². The van der Waals surface area contributed by atoms with Gasteiger partial charge in [0.1, 0.15) is 16.4 Å². The lowest BCUT2D eigenvalue weighted by molar-refractivity contribution is 0.222. The molecule has 0 radical (unpaired) electrons. The van der Waals surface area contributed by atoms with Crippen LogP contribution >= 0.6 is 0 Å². The summed E-state index contributed by atoms with van der Waals surface area (Å²) in [6.45, 7) is 6.10. The second-order valence-corrected chi connectivity index (χ2v) is 6.81. The van der Waals surface area contributed by atoms with Crippen LogP contribution in [0.25, 0.3) is 0 Å². The zero-order valence-corrected chi connectivity index (χ0v) is 12.5. The molecule has 1 aromatic heterocycles. The van der Waals surface area contributed by atoms with Crippen molar-refractivity contribution in [3.8, 4) is 0 Å². The van der Waals surface area contributed by atoms with Gasteiger partial charge in [0.2, 0.25) is 10.0 Å². The van der Waals surface area contributed by atoms with Gasteiger partial charge in [-0.15, -0.1) is 0 Å². The zero-order chi connectivity index (χ0) is 14.2. The van der Waals surface area contributed by atoms with Crippen LogP contribution < -0.4 is 5.73 Å². The molecule has 6 nitrogen and oxygen atoms in total. The highest BCUT2D eigenvalue weighted by atomic mass is 32.2. The van der Waals surface area contributed by atoms with E-state index in [1.165, 1.54) is 4.31 Å². The summed E-state index contributed by atoms with van der Waals surface area (Å²) in [4.78, 5) is 2.38. The molecule has 19 heavy (non-hydrogen) atoms. The van der Waals surface area contributed by atoms with E-state index in [4.69, 9.17) is 10.2 Å². The number of likely N-dealkylation sites (N-methyl/N-ethyl adjacent to an activating group) is 1. The predicted molar refractivity (Wildman–Crippen MR) is 72.3 cm³/mol. The van der Waals surface area contributed by atoms with Crippen molar-refractivity contribution in [1.82, 2.24) is 9.21 Å². The van der Waals surface area contributed by atoms with Gasteiger partial charge in [0.15, 0.2) is 0 Å². The van der Waals surface area contributed by atoms with E-state index in [0.29, 0.717) is 30.2 Å². The van der Waals surface area contributed by atoms with Crippen LogP contribution in [0.15, 0.2) is 9.31 Å². The van der Waals surface area contributed by atoms with Crippen molar-refractivity contribution in [2.75, 3.05) is 33.2 Å². The Hall–Kier alpha value is -0.890. The second-order valence-electron chi connectivity index (χ2n) is 4.93. The van der Waals surface area contributed by atoms with Gasteiger partial charge in [-0.2, -0.15) is 4.31 Å². The summed E-state index contributed by atoms with van der Waals surface area (Å²) in [5.41, 5.74) is 6.26. The maximum Gasteiger partial charge on any atom is 0.246 e. The number of hydrogen-bond acceptors (Lipinski definition) is 5. The Kier molecular flexibility index (Phi) is 4.00. The summed E-state index contributed by atoms with van der Waals surface area (Å²) in [7, 11) is -1.52. The molecule has 1 aromatic rings. The molecule has 2 N–H and O–H groups in total. The minimum atomic E-state index is -3.51. The fourth-order valence-electron chi connectivity index (χ4n) is 2.44. The molecule has 0 aliphatic carbocycles. The van der Waals surface area contributed by atoms with Crippen molar-refractivity contribution in [3.05, 3.63) is 17.1 Å². The fourth-order valence-corrected chi connectivity index (χ4v) is 4.29. The van der Waals surface area contributed by atoms with Gasteiger partial charge in [-0.1, -0.05) is 0 Å². The van der Waals surface area contributed by atoms with Crippen molar-refractivity contribution in [1.29, 1.82) is 0 Å². The molecular formula is C12H21N3O3S. The molecule has 1 aliphatic rings. The van der Waals surface area contributed by atoms with Crippen LogP contribution in [-0.4, -0.2) is 50.8 Å². The Morgan fingerprint density at radius 1 is 1.16 bits per heavy atom. The van der Waals surface area contributed by atoms with E-state index in [9.17, 15) is 8.42 Å².